The van der Waals surface area contributed by atoms with Crippen LogP contribution >= 0.6 is 0 Å². The molecular weight excluding hydrogens is 300 g/mol. The number of aromatic nitrogens is 1. The molecule has 0 radical (unpaired) electrons. The van der Waals surface area contributed by atoms with Gasteiger partial charge in [-0.2, -0.15) is 0 Å². The van der Waals surface area contributed by atoms with Crippen molar-refractivity contribution in [1.82, 2.24) is 9.88 Å². The fraction of sp³-hybridized carbons (Fsp3) is 0.400. The normalized spacial score (nSPS) is 16.7. The van der Waals surface area contributed by atoms with Crippen molar-refractivity contribution in [1.29, 1.82) is 0 Å². The highest BCUT2D eigenvalue weighted by Crippen LogP contribution is 2.26. The van der Waals surface area contributed by atoms with Crippen molar-refractivity contribution in [2.75, 3.05) is 13.1 Å². The predicted octanol–water partition coefficient (Wildman–Crippen LogP) is 3.92. The number of aliphatic carboxylic acids is 1. The minimum atomic E-state index is -0.833. The Bertz CT molecular complexity index is 674. The zero-order chi connectivity index (χ0) is 16.9. The Balaban J connectivity index is 1.70. The molecule has 0 bridgehead atoms. The van der Waals surface area contributed by atoms with Gasteiger partial charge in [-0.15, -0.1) is 0 Å². The summed E-state index contributed by atoms with van der Waals surface area (Å²) in [5.74, 6) is -0.833. The van der Waals surface area contributed by atoms with Gasteiger partial charge in [0.25, 0.3) is 0 Å². The molecule has 1 saturated heterocycles. The van der Waals surface area contributed by atoms with E-state index in [4.69, 9.17) is 5.11 Å². The van der Waals surface area contributed by atoms with Gasteiger partial charge in [-0.25, -0.2) is 0 Å². The molecule has 1 fully saturated rings. The van der Waals surface area contributed by atoms with E-state index in [1.54, 1.807) is 6.20 Å². The van der Waals surface area contributed by atoms with Crippen LogP contribution in [0.25, 0.3) is 11.3 Å². The second-order valence-electron chi connectivity index (χ2n) is 6.52. The van der Waals surface area contributed by atoms with Crippen LogP contribution < -0.4 is 0 Å². The van der Waals surface area contributed by atoms with Crippen molar-refractivity contribution in [2.45, 2.75) is 38.6 Å². The Morgan fingerprint density at radius 2 is 1.83 bits per heavy atom. The lowest BCUT2D eigenvalue weighted by Gasteiger charge is -2.32. The zero-order valence-electron chi connectivity index (χ0n) is 14.1. The molecule has 1 aliphatic rings. The number of rotatable bonds is 5. The molecule has 24 heavy (non-hydrogen) atoms. The quantitative estimate of drug-likeness (QED) is 0.905. The molecule has 3 rings (SSSR count). The van der Waals surface area contributed by atoms with Gasteiger partial charge >= 0.3 is 5.97 Å². The molecule has 0 amide bonds. The molecule has 0 unspecified atom stereocenters. The van der Waals surface area contributed by atoms with Crippen molar-refractivity contribution in [2.24, 2.45) is 0 Å². The summed E-state index contributed by atoms with van der Waals surface area (Å²) in [5, 5.41) is 8.81. The van der Waals surface area contributed by atoms with Crippen molar-refractivity contribution >= 4 is 5.97 Å². The number of carboxylic acid groups (broad SMARTS) is 1. The van der Waals surface area contributed by atoms with Crippen LogP contribution in [0.3, 0.4) is 0 Å². The number of carboxylic acids is 1. The fourth-order valence-corrected chi connectivity index (χ4v) is 3.32. The highest BCUT2D eigenvalue weighted by Gasteiger charge is 2.18. The first-order chi connectivity index (χ1) is 11.6. The summed E-state index contributed by atoms with van der Waals surface area (Å²) in [6, 6.07) is 12.7. The predicted molar refractivity (Wildman–Crippen MR) is 94.9 cm³/mol. The highest BCUT2D eigenvalue weighted by molar-refractivity contribution is 5.70. The standard InChI is InChI=1S/C20H24N2O2/c1-15(22-11-3-2-4-12-22)17-6-8-18(9-7-17)19-10-5-16(14-21-19)13-20(23)24/h5-10,14-15H,2-4,11-13H2,1H3,(H,23,24)/t15-/m1/s1. The molecule has 0 saturated carbocycles. The maximum Gasteiger partial charge on any atom is 0.307 e. The first kappa shape index (κ1) is 16.7. The molecule has 1 atom stereocenters. The van der Waals surface area contributed by atoms with Crippen LogP contribution in [0.15, 0.2) is 42.6 Å². The number of pyridine rings is 1. The van der Waals surface area contributed by atoms with E-state index in [9.17, 15) is 4.79 Å². The summed E-state index contributed by atoms with van der Waals surface area (Å²) in [4.78, 5) is 17.7. The molecule has 1 N–H and O–H groups in total. The lowest BCUT2D eigenvalue weighted by atomic mass is 10.0. The van der Waals surface area contributed by atoms with Crippen LogP contribution in [0.2, 0.25) is 0 Å². The van der Waals surface area contributed by atoms with Gasteiger partial charge in [-0.3, -0.25) is 14.7 Å². The van der Waals surface area contributed by atoms with E-state index in [0.29, 0.717) is 6.04 Å². The van der Waals surface area contributed by atoms with Gasteiger partial charge in [-0.05, 0) is 50.0 Å². The number of piperidine rings is 1. The first-order valence-electron chi connectivity index (χ1n) is 8.64. The second-order valence-corrected chi connectivity index (χ2v) is 6.52. The largest absolute Gasteiger partial charge is 0.481 e. The van der Waals surface area contributed by atoms with Crippen LogP contribution in [0, 0.1) is 0 Å². The third-order valence-electron chi connectivity index (χ3n) is 4.81. The maximum atomic E-state index is 10.7. The molecule has 126 valence electrons. The van der Waals surface area contributed by atoms with Crippen LogP contribution in [-0.2, 0) is 11.2 Å². The second kappa shape index (κ2) is 7.58. The maximum absolute atomic E-state index is 10.7. The Kier molecular flexibility index (Phi) is 5.26. The molecule has 2 heterocycles. The van der Waals surface area contributed by atoms with Gasteiger partial charge in [0, 0.05) is 17.8 Å². The number of benzene rings is 1. The van der Waals surface area contributed by atoms with Crippen LogP contribution in [0.4, 0.5) is 0 Å². The highest BCUT2D eigenvalue weighted by atomic mass is 16.4. The van der Waals surface area contributed by atoms with E-state index in [1.807, 2.05) is 12.1 Å². The summed E-state index contributed by atoms with van der Waals surface area (Å²) in [7, 11) is 0. The van der Waals surface area contributed by atoms with Gasteiger partial charge in [0.15, 0.2) is 0 Å². The molecule has 1 aromatic carbocycles. The molecule has 0 aliphatic carbocycles. The van der Waals surface area contributed by atoms with E-state index in [1.165, 1.54) is 37.9 Å². The summed E-state index contributed by atoms with van der Waals surface area (Å²) < 4.78 is 0. The number of hydrogen-bond donors (Lipinski definition) is 1. The minimum Gasteiger partial charge on any atom is -0.481 e. The van der Waals surface area contributed by atoms with Crippen LogP contribution in [0.1, 0.15) is 43.4 Å². The van der Waals surface area contributed by atoms with E-state index < -0.39 is 5.97 Å². The lowest BCUT2D eigenvalue weighted by Crippen LogP contribution is -2.32. The fourth-order valence-electron chi connectivity index (χ4n) is 3.32. The third-order valence-corrected chi connectivity index (χ3v) is 4.81. The van der Waals surface area contributed by atoms with Crippen LogP contribution in [-0.4, -0.2) is 34.0 Å². The summed E-state index contributed by atoms with van der Waals surface area (Å²) >= 11 is 0. The molecule has 4 heteroatoms. The van der Waals surface area contributed by atoms with Crippen molar-refractivity contribution in [3.05, 3.63) is 53.7 Å². The van der Waals surface area contributed by atoms with Gasteiger partial charge in [0.2, 0.25) is 0 Å². The Morgan fingerprint density at radius 1 is 1.12 bits per heavy atom. The molecule has 4 nitrogen and oxygen atoms in total. The van der Waals surface area contributed by atoms with Crippen molar-refractivity contribution in [3.8, 4) is 11.3 Å². The summed E-state index contributed by atoms with van der Waals surface area (Å²) in [6.45, 7) is 4.66. The molecule has 2 aromatic rings. The van der Waals surface area contributed by atoms with E-state index in [-0.39, 0.29) is 6.42 Å². The Morgan fingerprint density at radius 3 is 2.42 bits per heavy atom. The van der Waals surface area contributed by atoms with Gasteiger partial charge in [0.1, 0.15) is 0 Å². The number of nitrogens with zero attached hydrogens (tertiary/aromatic N) is 2. The monoisotopic (exact) mass is 324 g/mol. The third kappa shape index (κ3) is 4.01. The molecule has 1 aromatic heterocycles. The smallest absolute Gasteiger partial charge is 0.307 e. The number of likely N-dealkylation sites (tertiary alicyclic amines) is 1. The Hall–Kier alpha value is -2.20. The van der Waals surface area contributed by atoms with Crippen LogP contribution in [0.5, 0.6) is 0 Å². The number of carbonyl (C=O) groups is 1. The summed E-state index contributed by atoms with van der Waals surface area (Å²) in [5.41, 5.74) is 4.00. The van der Waals surface area contributed by atoms with Gasteiger partial charge < -0.3 is 5.11 Å². The first-order valence-corrected chi connectivity index (χ1v) is 8.64. The van der Waals surface area contributed by atoms with Gasteiger partial charge in [-0.1, -0.05) is 36.8 Å². The minimum absolute atomic E-state index is 0.0135. The summed E-state index contributed by atoms with van der Waals surface area (Å²) in [6.07, 6.45) is 5.61. The number of hydrogen-bond acceptors (Lipinski definition) is 3. The molecule has 1 aliphatic heterocycles. The van der Waals surface area contributed by atoms with Gasteiger partial charge in [0.05, 0.1) is 12.1 Å². The van der Waals surface area contributed by atoms with Crippen molar-refractivity contribution in [3.63, 3.8) is 0 Å². The average Bonchev–Trinajstić information content (AvgIpc) is 2.62. The molecule has 0 spiro atoms. The topological polar surface area (TPSA) is 53.4 Å². The van der Waals surface area contributed by atoms with E-state index in [2.05, 4.69) is 41.1 Å². The zero-order valence-corrected chi connectivity index (χ0v) is 14.1. The lowest BCUT2D eigenvalue weighted by molar-refractivity contribution is -0.136. The average molecular weight is 324 g/mol. The van der Waals surface area contributed by atoms with E-state index in [0.717, 1.165) is 16.8 Å². The molecular formula is C20H24N2O2. The Labute approximate surface area is 143 Å². The SMILES string of the molecule is C[C@H](c1ccc(-c2ccc(CC(=O)O)cn2)cc1)N1CCCCC1. The van der Waals surface area contributed by atoms with E-state index >= 15 is 0 Å². The van der Waals surface area contributed by atoms with Crippen molar-refractivity contribution < 1.29 is 9.90 Å².